The second-order valence-corrected chi connectivity index (χ2v) is 3.99. The van der Waals surface area contributed by atoms with Crippen molar-refractivity contribution in [1.82, 2.24) is 10.3 Å². The van der Waals surface area contributed by atoms with E-state index in [-0.39, 0.29) is 5.38 Å². The molecular formula is C11H17ClN2. The molecule has 1 heterocycles. The van der Waals surface area contributed by atoms with Crippen LogP contribution in [0.3, 0.4) is 0 Å². The first-order valence-electron chi connectivity index (χ1n) is 5.06. The van der Waals surface area contributed by atoms with Crippen LogP contribution in [0.25, 0.3) is 0 Å². The normalized spacial score (nSPS) is 12.7. The Morgan fingerprint density at radius 3 is 2.79 bits per heavy atom. The molecule has 0 amide bonds. The summed E-state index contributed by atoms with van der Waals surface area (Å²) in [6.45, 7) is 3.89. The van der Waals surface area contributed by atoms with Crippen molar-refractivity contribution in [3.8, 4) is 0 Å². The predicted octanol–water partition coefficient (Wildman–Crippen LogP) is 2.58. The van der Waals surface area contributed by atoms with Crippen molar-refractivity contribution in [2.75, 3.05) is 6.54 Å². The van der Waals surface area contributed by atoms with Gasteiger partial charge in [-0.1, -0.05) is 13.3 Å². The summed E-state index contributed by atoms with van der Waals surface area (Å²) >= 11 is 6.07. The minimum absolute atomic E-state index is 0.252. The lowest BCUT2D eigenvalue weighted by molar-refractivity contribution is 0.623. The van der Waals surface area contributed by atoms with Gasteiger partial charge < -0.3 is 5.32 Å². The van der Waals surface area contributed by atoms with Crippen LogP contribution >= 0.6 is 11.6 Å². The Hall–Kier alpha value is -0.600. The van der Waals surface area contributed by atoms with Gasteiger partial charge in [-0.15, -0.1) is 11.6 Å². The predicted molar refractivity (Wildman–Crippen MR) is 60.5 cm³/mol. The summed E-state index contributed by atoms with van der Waals surface area (Å²) in [5.41, 5.74) is 1.25. The zero-order valence-corrected chi connectivity index (χ0v) is 9.30. The van der Waals surface area contributed by atoms with Gasteiger partial charge in [0.05, 0.1) is 0 Å². The molecule has 0 aliphatic rings. The SMILES string of the molecule is CCCC(Cl)CNCc1ccncc1. The number of alkyl halides is 1. The van der Waals surface area contributed by atoms with Crippen molar-refractivity contribution in [3.05, 3.63) is 30.1 Å². The summed E-state index contributed by atoms with van der Waals surface area (Å²) in [6, 6.07) is 4.02. The van der Waals surface area contributed by atoms with Crippen LogP contribution in [0, 0.1) is 0 Å². The summed E-state index contributed by atoms with van der Waals surface area (Å²) in [4.78, 5) is 3.96. The lowest BCUT2D eigenvalue weighted by Gasteiger charge is -2.09. The van der Waals surface area contributed by atoms with E-state index < -0.39 is 0 Å². The Bertz CT molecular complexity index is 238. The van der Waals surface area contributed by atoms with E-state index >= 15 is 0 Å². The highest BCUT2D eigenvalue weighted by molar-refractivity contribution is 6.20. The first-order valence-corrected chi connectivity index (χ1v) is 5.50. The molecule has 0 radical (unpaired) electrons. The van der Waals surface area contributed by atoms with E-state index in [0.717, 1.165) is 25.9 Å². The summed E-state index contributed by atoms with van der Waals surface area (Å²) in [5, 5.41) is 3.58. The molecule has 3 heteroatoms. The van der Waals surface area contributed by atoms with E-state index in [2.05, 4.69) is 17.2 Å². The van der Waals surface area contributed by atoms with Gasteiger partial charge in [0.2, 0.25) is 0 Å². The molecule has 1 aromatic rings. The van der Waals surface area contributed by atoms with Crippen LogP contribution in [0.4, 0.5) is 0 Å². The van der Waals surface area contributed by atoms with Gasteiger partial charge in [-0.05, 0) is 24.1 Å². The lowest BCUT2D eigenvalue weighted by atomic mass is 10.2. The van der Waals surface area contributed by atoms with Gasteiger partial charge in [-0.3, -0.25) is 4.98 Å². The van der Waals surface area contributed by atoms with Gasteiger partial charge in [0.15, 0.2) is 0 Å². The Kier molecular flexibility index (Phi) is 5.57. The number of rotatable bonds is 6. The molecule has 0 aliphatic heterocycles. The standard InChI is InChI=1S/C11H17ClN2/c1-2-3-11(12)9-14-8-10-4-6-13-7-5-10/h4-7,11,14H,2-3,8-9H2,1H3. The number of halogens is 1. The molecular weight excluding hydrogens is 196 g/mol. The van der Waals surface area contributed by atoms with Gasteiger partial charge in [0.1, 0.15) is 0 Å². The number of hydrogen-bond donors (Lipinski definition) is 1. The molecule has 14 heavy (non-hydrogen) atoms. The fraction of sp³-hybridized carbons (Fsp3) is 0.545. The average molecular weight is 213 g/mol. The summed E-state index contributed by atoms with van der Waals surface area (Å²) in [7, 11) is 0. The molecule has 0 fully saturated rings. The lowest BCUT2D eigenvalue weighted by Crippen LogP contribution is -2.22. The Morgan fingerprint density at radius 2 is 2.14 bits per heavy atom. The van der Waals surface area contributed by atoms with Gasteiger partial charge in [0, 0.05) is 30.9 Å². The van der Waals surface area contributed by atoms with Gasteiger partial charge in [-0.2, -0.15) is 0 Å². The fourth-order valence-electron chi connectivity index (χ4n) is 1.29. The quantitative estimate of drug-likeness (QED) is 0.734. The molecule has 1 atom stereocenters. The topological polar surface area (TPSA) is 24.9 Å². The van der Waals surface area contributed by atoms with Crippen molar-refractivity contribution < 1.29 is 0 Å². The second-order valence-electron chi connectivity index (χ2n) is 3.37. The van der Waals surface area contributed by atoms with E-state index in [4.69, 9.17) is 11.6 Å². The van der Waals surface area contributed by atoms with E-state index in [1.54, 1.807) is 12.4 Å². The third kappa shape index (κ3) is 4.58. The van der Waals surface area contributed by atoms with Gasteiger partial charge in [0.25, 0.3) is 0 Å². The van der Waals surface area contributed by atoms with Crippen LogP contribution in [0.5, 0.6) is 0 Å². The van der Waals surface area contributed by atoms with Gasteiger partial charge >= 0.3 is 0 Å². The number of nitrogens with one attached hydrogen (secondary N) is 1. The van der Waals surface area contributed by atoms with Crippen molar-refractivity contribution in [2.24, 2.45) is 0 Å². The molecule has 0 bridgehead atoms. The number of nitrogens with zero attached hydrogens (tertiary/aromatic N) is 1. The van der Waals surface area contributed by atoms with E-state index in [1.807, 2.05) is 12.1 Å². The van der Waals surface area contributed by atoms with Crippen LogP contribution in [-0.4, -0.2) is 16.9 Å². The largest absolute Gasteiger partial charge is 0.311 e. The van der Waals surface area contributed by atoms with Crippen LogP contribution < -0.4 is 5.32 Å². The average Bonchev–Trinajstić information content (AvgIpc) is 2.20. The van der Waals surface area contributed by atoms with Crippen molar-refractivity contribution >= 4 is 11.6 Å². The molecule has 1 N–H and O–H groups in total. The smallest absolute Gasteiger partial charge is 0.0460 e. The molecule has 0 aliphatic carbocycles. The summed E-state index contributed by atoms with van der Waals surface area (Å²) in [5.74, 6) is 0. The van der Waals surface area contributed by atoms with Crippen LogP contribution in [-0.2, 0) is 6.54 Å². The molecule has 0 saturated carbocycles. The van der Waals surface area contributed by atoms with E-state index in [0.29, 0.717) is 0 Å². The van der Waals surface area contributed by atoms with Gasteiger partial charge in [-0.25, -0.2) is 0 Å². The first-order chi connectivity index (χ1) is 6.83. The fourth-order valence-corrected chi connectivity index (χ4v) is 1.62. The maximum absolute atomic E-state index is 6.07. The number of hydrogen-bond acceptors (Lipinski definition) is 2. The number of aromatic nitrogens is 1. The maximum atomic E-state index is 6.07. The molecule has 1 unspecified atom stereocenters. The Morgan fingerprint density at radius 1 is 1.43 bits per heavy atom. The Labute approximate surface area is 90.7 Å². The monoisotopic (exact) mass is 212 g/mol. The number of pyridine rings is 1. The van der Waals surface area contributed by atoms with Crippen LogP contribution in [0.15, 0.2) is 24.5 Å². The molecule has 0 saturated heterocycles. The maximum Gasteiger partial charge on any atom is 0.0460 e. The van der Waals surface area contributed by atoms with Crippen molar-refractivity contribution in [3.63, 3.8) is 0 Å². The zero-order chi connectivity index (χ0) is 10.2. The van der Waals surface area contributed by atoms with Crippen LogP contribution in [0.1, 0.15) is 25.3 Å². The minimum atomic E-state index is 0.252. The molecule has 0 spiro atoms. The zero-order valence-electron chi connectivity index (χ0n) is 8.54. The highest BCUT2D eigenvalue weighted by Gasteiger charge is 2.01. The third-order valence-electron chi connectivity index (χ3n) is 2.05. The third-order valence-corrected chi connectivity index (χ3v) is 2.42. The van der Waals surface area contributed by atoms with E-state index in [9.17, 15) is 0 Å². The summed E-state index contributed by atoms with van der Waals surface area (Å²) in [6.07, 6.45) is 5.83. The minimum Gasteiger partial charge on any atom is -0.311 e. The summed E-state index contributed by atoms with van der Waals surface area (Å²) < 4.78 is 0. The second kappa shape index (κ2) is 6.80. The molecule has 2 nitrogen and oxygen atoms in total. The molecule has 0 aromatic carbocycles. The van der Waals surface area contributed by atoms with Crippen molar-refractivity contribution in [2.45, 2.75) is 31.7 Å². The van der Waals surface area contributed by atoms with Crippen LogP contribution in [0.2, 0.25) is 0 Å². The first kappa shape index (κ1) is 11.5. The Balaban J connectivity index is 2.16. The van der Waals surface area contributed by atoms with Crippen molar-refractivity contribution in [1.29, 1.82) is 0 Å². The highest BCUT2D eigenvalue weighted by atomic mass is 35.5. The highest BCUT2D eigenvalue weighted by Crippen LogP contribution is 2.03. The molecule has 1 aromatic heterocycles. The molecule has 1 rings (SSSR count). The van der Waals surface area contributed by atoms with E-state index in [1.165, 1.54) is 5.56 Å². The molecule has 78 valence electrons.